The first-order chi connectivity index (χ1) is 10.9. The molecule has 0 fully saturated rings. The van der Waals surface area contributed by atoms with Gasteiger partial charge in [-0.1, -0.05) is 12.1 Å². The highest BCUT2D eigenvalue weighted by molar-refractivity contribution is 7.99. The summed E-state index contributed by atoms with van der Waals surface area (Å²) < 4.78 is 40.1. The van der Waals surface area contributed by atoms with Gasteiger partial charge in [-0.2, -0.15) is 0 Å². The SMILES string of the molecule is Cc1ccc(C)c(S(=O)(=O)NCCCSc2ccc(F)cc2)c1. The summed E-state index contributed by atoms with van der Waals surface area (Å²) in [6, 6.07) is 11.7. The average Bonchev–Trinajstić information content (AvgIpc) is 2.51. The highest BCUT2D eigenvalue weighted by Crippen LogP contribution is 2.19. The second-order valence-electron chi connectivity index (χ2n) is 5.32. The van der Waals surface area contributed by atoms with Crippen molar-refractivity contribution >= 4 is 21.8 Å². The Morgan fingerprint density at radius 1 is 1.09 bits per heavy atom. The van der Waals surface area contributed by atoms with E-state index in [-0.39, 0.29) is 5.82 Å². The molecule has 0 atom stereocenters. The van der Waals surface area contributed by atoms with Crippen LogP contribution in [0.4, 0.5) is 4.39 Å². The Bertz CT molecular complexity index is 759. The molecule has 2 rings (SSSR count). The van der Waals surface area contributed by atoms with E-state index in [9.17, 15) is 12.8 Å². The molecule has 6 heteroatoms. The lowest BCUT2D eigenvalue weighted by Crippen LogP contribution is -2.25. The zero-order valence-electron chi connectivity index (χ0n) is 13.2. The van der Waals surface area contributed by atoms with Crippen molar-refractivity contribution in [3.8, 4) is 0 Å². The zero-order chi connectivity index (χ0) is 16.9. The Morgan fingerprint density at radius 2 is 1.78 bits per heavy atom. The van der Waals surface area contributed by atoms with Gasteiger partial charge in [-0.25, -0.2) is 17.5 Å². The maximum Gasteiger partial charge on any atom is 0.240 e. The predicted molar refractivity (Wildman–Crippen MR) is 92.8 cm³/mol. The van der Waals surface area contributed by atoms with E-state index in [1.54, 1.807) is 36.9 Å². The van der Waals surface area contributed by atoms with Crippen molar-refractivity contribution < 1.29 is 12.8 Å². The van der Waals surface area contributed by atoms with Crippen LogP contribution < -0.4 is 4.72 Å². The molecule has 23 heavy (non-hydrogen) atoms. The van der Waals surface area contributed by atoms with Crippen LogP contribution in [0.25, 0.3) is 0 Å². The number of hydrogen-bond acceptors (Lipinski definition) is 3. The fraction of sp³-hybridized carbons (Fsp3) is 0.294. The molecule has 0 saturated carbocycles. The molecule has 2 aromatic carbocycles. The summed E-state index contributed by atoms with van der Waals surface area (Å²) in [5.41, 5.74) is 1.66. The van der Waals surface area contributed by atoms with Crippen LogP contribution in [0.3, 0.4) is 0 Å². The summed E-state index contributed by atoms with van der Waals surface area (Å²) in [6.07, 6.45) is 0.701. The number of benzene rings is 2. The van der Waals surface area contributed by atoms with Gasteiger partial charge in [0.25, 0.3) is 0 Å². The fourth-order valence-corrected chi connectivity index (χ4v) is 4.33. The van der Waals surface area contributed by atoms with Crippen molar-refractivity contribution in [1.29, 1.82) is 0 Å². The summed E-state index contributed by atoms with van der Waals surface area (Å²) in [5.74, 6) is 0.511. The molecule has 0 bridgehead atoms. The second kappa shape index (κ2) is 7.95. The number of thioether (sulfide) groups is 1. The molecular formula is C17H20FNO2S2. The summed E-state index contributed by atoms with van der Waals surface area (Å²) in [7, 11) is -3.47. The average molecular weight is 353 g/mol. The molecule has 0 aliphatic carbocycles. The van der Waals surface area contributed by atoms with E-state index in [0.717, 1.165) is 21.8 Å². The molecule has 0 unspecified atom stereocenters. The van der Waals surface area contributed by atoms with E-state index < -0.39 is 10.0 Å². The molecule has 124 valence electrons. The van der Waals surface area contributed by atoms with Crippen LogP contribution in [-0.2, 0) is 10.0 Å². The van der Waals surface area contributed by atoms with E-state index in [1.807, 2.05) is 19.1 Å². The van der Waals surface area contributed by atoms with Crippen molar-refractivity contribution in [2.75, 3.05) is 12.3 Å². The number of sulfonamides is 1. The number of rotatable bonds is 7. The Hall–Kier alpha value is -1.37. The van der Waals surface area contributed by atoms with Crippen LogP contribution in [0.5, 0.6) is 0 Å². The molecule has 0 radical (unpaired) electrons. The van der Waals surface area contributed by atoms with Crippen LogP contribution in [-0.4, -0.2) is 20.7 Å². The van der Waals surface area contributed by atoms with E-state index >= 15 is 0 Å². The second-order valence-corrected chi connectivity index (χ2v) is 8.23. The molecular weight excluding hydrogens is 333 g/mol. The highest BCUT2D eigenvalue weighted by Gasteiger charge is 2.16. The van der Waals surface area contributed by atoms with E-state index in [0.29, 0.717) is 17.9 Å². The van der Waals surface area contributed by atoms with Gasteiger partial charge in [-0.15, -0.1) is 11.8 Å². The minimum absolute atomic E-state index is 0.254. The van der Waals surface area contributed by atoms with Gasteiger partial charge in [0, 0.05) is 11.4 Å². The molecule has 0 spiro atoms. The quantitative estimate of drug-likeness (QED) is 0.606. The standard InChI is InChI=1S/C17H20FNO2S2/c1-13-4-5-14(2)17(12-13)23(20,21)19-10-3-11-22-16-8-6-15(18)7-9-16/h4-9,12,19H,3,10-11H2,1-2H3. The summed E-state index contributed by atoms with van der Waals surface area (Å²) in [6.45, 7) is 4.04. The largest absolute Gasteiger partial charge is 0.240 e. The van der Waals surface area contributed by atoms with Crippen LogP contribution >= 0.6 is 11.8 Å². The van der Waals surface area contributed by atoms with Crippen molar-refractivity contribution in [1.82, 2.24) is 4.72 Å². The van der Waals surface area contributed by atoms with Crippen molar-refractivity contribution in [3.63, 3.8) is 0 Å². The van der Waals surface area contributed by atoms with Crippen molar-refractivity contribution in [3.05, 3.63) is 59.4 Å². The molecule has 0 saturated heterocycles. The lowest BCUT2D eigenvalue weighted by atomic mass is 10.2. The number of nitrogens with one attached hydrogen (secondary N) is 1. The predicted octanol–water partition coefficient (Wildman–Crippen LogP) is 3.90. The molecule has 0 aliphatic rings. The van der Waals surface area contributed by atoms with E-state index in [1.165, 1.54) is 12.1 Å². The summed E-state index contributed by atoms with van der Waals surface area (Å²) in [4.78, 5) is 1.31. The fourth-order valence-electron chi connectivity index (χ4n) is 2.07. The first-order valence-corrected chi connectivity index (χ1v) is 9.81. The Morgan fingerprint density at radius 3 is 2.48 bits per heavy atom. The molecule has 0 heterocycles. The monoisotopic (exact) mass is 353 g/mol. The van der Waals surface area contributed by atoms with Gasteiger partial charge >= 0.3 is 0 Å². The van der Waals surface area contributed by atoms with E-state index in [4.69, 9.17) is 0 Å². The number of halogens is 1. The van der Waals surface area contributed by atoms with Gasteiger partial charge < -0.3 is 0 Å². The van der Waals surface area contributed by atoms with Gasteiger partial charge in [0.15, 0.2) is 0 Å². The third-order valence-electron chi connectivity index (χ3n) is 3.33. The summed E-state index contributed by atoms with van der Waals surface area (Å²) in [5, 5.41) is 0. The molecule has 3 nitrogen and oxygen atoms in total. The Labute approximate surface area is 141 Å². The van der Waals surface area contributed by atoms with E-state index in [2.05, 4.69) is 4.72 Å². The molecule has 1 N–H and O–H groups in total. The normalized spacial score (nSPS) is 11.6. The first kappa shape index (κ1) is 18.0. The lowest BCUT2D eigenvalue weighted by Gasteiger charge is -2.10. The van der Waals surface area contributed by atoms with Gasteiger partial charge in [-0.3, -0.25) is 0 Å². The molecule has 0 amide bonds. The maximum atomic E-state index is 12.8. The van der Waals surface area contributed by atoms with Crippen molar-refractivity contribution in [2.24, 2.45) is 0 Å². The minimum atomic E-state index is -3.47. The van der Waals surface area contributed by atoms with Gasteiger partial charge in [0.1, 0.15) is 5.82 Å². The third kappa shape index (κ3) is 5.34. The van der Waals surface area contributed by atoms with Crippen LogP contribution in [0.2, 0.25) is 0 Å². The molecule has 0 aromatic heterocycles. The van der Waals surface area contributed by atoms with Gasteiger partial charge in [-0.05, 0) is 67.5 Å². The molecule has 2 aromatic rings. The third-order valence-corrected chi connectivity index (χ3v) is 6.03. The van der Waals surface area contributed by atoms with Crippen LogP contribution in [0, 0.1) is 19.7 Å². The van der Waals surface area contributed by atoms with Gasteiger partial charge in [0.2, 0.25) is 10.0 Å². The van der Waals surface area contributed by atoms with Crippen LogP contribution in [0.1, 0.15) is 17.5 Å². The number of hydrogen-bond donors (Lipinski definition) is 1. The Balaban J connectivity index is 1.83. The number of aryl methyl sites for hydroxylation is 2. The molecule has 0 aliphatic heterocycles. The topological polar surface area (TPSA) is 46.2 Å². The first-order valence-electron chi connectivity index (χ1n) is 7.34. The summed E-state index contributed by atoms with van der Waals surface area (Å²) >= 11 is 1.58. The van der Waals surface area contributed by atoms with Crippen LogP contribution in [0.15, 0.2) is 52.3 Å². The zero-order valence-corrected chi connectivity index (χ0v) is 14.8. The minimum Gasteiger partial charge on any atom is -0.211 e. The highest BCUT2D eigenvalue weighted by atomic mass is 32.2. The van der Waals surface area contributed by atoms with Crippen molar-refractivity contribution in [2.45, 2.75) is 30.1 Å². The Kier molecular flexibility index (Phi) is 6.21. The van der Waals surface area contributed by atoms with Gasteiger partial charge in [0.05, 0.1) is 4.90 Å². The maximum absolute atomic E-state index is 12.8. The lowest BCUT2D eigenvalue weighted by molar-refractivity contribution is 0.580. The smallest absolute Gasteiger partial charge is 0.211 e.